The molecule has 0 radical (unpaired) electrons. The summed E-state index contributed by atoms with van der Waals surface area (Å²) in [4.78, 5) is 5.39. The van der Waals surface area contributed by atoms with Gasteiger partial charge in [-0.15, -0.1) is 0 Å². The SMILES string of the molecule is CCC(C)C1CN(C2CCC2)CCN1Cc1cccc(C#N)c1. The van der Waals surface area contributed by atoms with E-state index in [1.54, 1.807) is 0 Å². The van der Waals surface area contributed by atoms with Crippen molar-refractivity contribution in [1.82, 2.24) is 9.80 Å². The van der Waals surface area contributed by atoms with Gasteiger partial charge in [0.1, 0.15) is 0 Å². The summed E-state index contributed by atoms with van der Waals surface area (Å²) in [6, 6.07) is 11.9. The fourth-order valence-corrected chi connectivity index (χ4v) is 3.94. The Morgan fingerprint density at radius 1 is 1.30 bits per heavy atom. The minimum Gasteiger partial charge on any atom is -0.298 e. The fourth-order valence-electron chi connectivity index (χ4n) is 3.94. The number of hydrogen-bond acceptors (Lipinski definition) is 3. The molecule has 1 saturated heterocycles. The molecule has 23 heavy (non-hydrogen) atoms. The molecule has 1 aromatic carbocycles. The molecule has 2 fully saturated rings. The van der Waals surface area contributed by atoms with Crippen molar-refractivity contribution >= 4 is 0 Å². The predicted octanol–water partition coefficient (Wildman–Crippen LogP) is 3.64. The smallest absolute Gasteiger partial charge is 0.0991 e. The van der Waals surface area contributed by atoms with Crippen LogP contribution >= 0.6 is 0 Å². The number of rotatable bonds is 5. The van der Waals surface area contributed by atoms with Gasteiger partial charge >= 0.3 is 0 Å². The topological polar surface area (TPSA) is 30.3 Å². The molecule has 1 aliphatic heterocycles. The van der Waals surface area contributed by atoms with Crippen LogP contribution in [0.15, 0.2) is 24.3 Å². The van der Waals surface area contributed by atoms with Crippen molar-refractivity contribution in [2.24, 2.45) is 5.92 Å². The molecular weight excluding hydrogens is 282 g/mol. The Morgan fingerprint density at radius 2 is 2.13 bits per heavy atom. The van der Waals surface area contributed by atoms with Crippen molar-refractivity contribution in [3.05, 3.63) is 35.4 Å². The van der Waals surface area contributed by atoms with Crippen molar-refractivity contribution in [3.63, 3.8) is 0 Å². The lowest BCUT2D eigenvalue weighted by Gasteiger charge is -2.48. The third kappa shape index (κ3) is 3.76. The molecule has 1 heterocycles. The summed E-state index contributed by atoms with van der Waals surface area (Å²) in [6.07, 6.45) is 5.45. The normalized spacial score (nSPS) is 24.8. The summed E-state index contributed by atoms with van der Waals surface area (Å²) >= 11 is 0. The fraction of sp³-hybridized carbons (Fsp3) is 0.650. The number of benzene rings is 1. The van der Waals surface area contributed by atoms with Crippen LogP contribution in [-0.4, -0.2) is 41.5 Å². The van der Waals surface area contributed by atoms with E-state index in [2.05, 4.69) is 35.8 Å². The molecule has 1 saturated carbocycles. The van der Waals surface area contributed by atoms with Crippen molar-refractivity contribution < 1.29 is 0 Å². The molecule has 1 aromatic rings. The van der Waals surface area contributed by atoms with Gasteiger partial charge in [-0.25, -0.2) is 0 Å². The predicted molar refractivity (Wildman–Crippen MR) is 94.0 cm³/mol. The van der Waals surface area contributed by atoms with Gasteiger partial charge in [-0.2, -0.15) is 5.26 Å². The molecule has 0 bridgehead atoms. The summed E-state index contributed by atoms with van der Waals surface area (Å²) < 4.78 is 0. The molecule has 3 rings (SSSR count). The molecule has 2 unspecified atom stereocenters. The molecule has 1 aliphatic carbocycles. The van der Waals surface area contributed by atoms with E-state index in [0.29, 0.717) is 6.04 Å². The largest absolute Gasteiger partial charge is 0.298 e. The highest BCUT2D eigenvalue weighted by molar-refractivity contribution is 5.32. The minimum atomic E-state index is 0.639. The van der Waals surface area contributed by atoms with Gasteiger partial charge in [-0.3, -0.25) is 9.80 Å². The Kier molecular flexibility index (Phi) is 5.35. The zero-order chi connectivity index (χ0) is 16.2. The summed E-state index contributed by atoms with van der Waals surface area (Å²) in [5.74, 6) is 0.719. The number of piperazine rings is 1. The average Bonchev–Trinajstić information content (AvgIpc) is 2.54. The second-order valence-electron chi connectivity index (χ2n) is 7.32. The number of nitriles is 1. The molecule has 0 aromatic heterocycles. The Morgan fingerprint density at radius 3 is 2.78 bits per heavy atom. The van der Waals surface area contributed by atoms with Crippen molar-refractivity contribution in [3.8, 4) is 6.07 Å². The second-order valence-corrected chi connectivity index (χ2v) is 7.32. The quantitative estimate of drug-likeness (QED) is 0.831. The zero-order valence-electron chi connectivity index (χ0n) is 14.5. The van der Waals surface area contributed by atoms with Crippen LogP contribution in [0.3, 0.4) is 0 Å². The lowest BCUT2D eigenvalue weighted by Crippen LogP contribution is -2.58. The summed E-state index contributed by atoms with van der Waals surface area (Å²) in [7, 11) is 0. The van der Waals surface area contributed by atoms with E-state index in [-0.39, 0.29) is 0 Å². The molecule has 3 nitrogen and oxygen atoms in total. The van der Waals surface area contributed by atoms with Crippen LogP contribution in [0, 0.1) is 17.2 Å². The Hall–Kier alpha value is -1.37. The van der Waals surface area contributed by atoms with E-state index < -0.39 is 0 Å². The first kappa shape index (κ1) is 16.5. The summed E-state index contributed by atoms with van der Waals surface area (Å²) in [6.45, 7) is 9.26. The van der Waals surface area contributed by atoms with Crippen LogP contribution < -0.4 is 0 Å². The number of nitrogens with zero attached hydrogens (tertiary/aromatic N) is 3. The molecule has 2 aliphatic rings. The number of hydrogen-bond donors (Lipinski definition) is 0. The van der Waals surface area contributed by atoms with Crippen LogP contribution in [0.25, 0.3) is 0 Å². The van der Waals surface area contributed by atoms with Crippen LogP contribution in [0.1, 0.15) is 50.7 Å². The summed E-state index contributed by atoms with van der Waals surface area (Å²) in [5, 5.41) is 9.11. The molecule has 3 heteroatoms. The van der Waals surface area contributed by atoms with Crippen molar-refractivity contribution in [2.75, 3.05) is 19.6 Å². The first-order valence-corrected chi connectivity index (χ1v) is 9.18. The first-order chi connectivity index (χ1) is 11.2. The Balaban J connectivity index is 1.70. The van der Waals surface area contributed by atoms with Crippen LogP contribution in [-0.2, 0) is 6.54 Å². The molecule has 2 atom stereocenters. The maximum Gasteiger partial charge on any atom is 0.0991 e. The lowest BCUT2D eigenvalue weighted by molar-refractivity contribution is -0.000295. The second kappa shape index (κ2) is 7.47. The van der Waals surface area contributed by atoms with Gasteiger partial charge in [0.2, 0.25) is 0 Å². The third-order valence-electron chi connectivity index (χ3n) is 5.90. The monoisotopic (exact) mass is 311 g/mol. The summed E-state index contributed by atoms with van der Waals surface area (Å²) in [5.41, 5.74) is 2.05. The highest BCUT2D eigenvalue weighted by Gasteiger charge is 2.34. The maximum atomic E-state index is 9.11. The maximum absolute atomic E-state index is 9.11. The minimum absolute atomic E-state index is 0.639. The zero-order valence-corrected chi connectivity index (χ0v) is 14.5. The van der Waals surface area contributed by atoms with Crippen LogP contribution in [0.2, 0.25) is 0 Å². The molecule has 0 amide bonds. The van der Waals surface area contributed by atoms with E-state index in [4.69, 9.17) is 5.26 Å². The highest BCUT2D eigenvalue weighted by atomic mass is 15.3. The van der Waals surface area contributed by atoms with Gasteiger partial charge in [-0.1, -0.05) is 38.8 Å². The molecule has 0 spiro atoms. The van der Waals surface area contributed by atoms with E-state index in [9.17, 15) is 0 Å². The highest BCUT2D eigenvalue weighted by Crippen LogP contribution is 2.29. The van der Waals surface area contributed by atoms with Crippen LogP contribution in [0.4, 0.5) is 0 Å². The van der Waals surface area contributed by atoms with E-state index in [1.165, 1.54) is 44.3 Å². The first-order valence-electron chi connectivity index (χ1n) is 9.18. The van der Waals surface area contributed by atoms with Gasteiger partial charge in [0.25, 0.3) is 0 Å². The van der Waals surface area contributed by atoms with Gasteiger partial charge in [0.15, 0.2) is 0 Å². The van der Waals surface area contributed by atoms with Crippen molar-refractivity contribution in [2.45, 2.75) is 58.2 Å². The van der Waals surface area contributed by atoms with Gasteiger partial charge in [0, 0.05) is 38.3 Å². The van der Waals surface area contributed by atoms with Crippen LogP contribution in [0.5, 0.6) is 0 Å². The standard InChI is InChI=1S/C20H29N3/c1-3-16(2)20-15-22(19-8-5-9-19)10-11-23(20)14-18-7-4-6-17(12-18)13-21/h4,6-7,12,16,19-20H,3,5,8-11,14-15H2,1-2H3. The molecule has 124 valence electrons. The molecular formula is C20H29N3. The van der Waals surface area contributed by atoms with E-state index in [0.717, 1.165) is 30.6 Å². The Labute approximate surface area is 140 Å². The van der Waals surface area contributed by atoms with Gasteiger partial charge in [0.05, 0.1) is 11.6 Å². The van der Waals surface area contributed by atoms with E-state index >= 15 is 0 Å². The van der Waals surface area contributed by atoms with Gasteiger partial charge in [-0.05, 0) is 36.5 Å². The average molecular weight is 311 g/mol. The van der Waals surface area contributed by atoms with E-state index in [1.807, 2.05) is 18.2 Å². The van der Waals surface area contributed by atoms with Gasteiger partial charge < -0.3 is 0 Å². The van der Waals surface area contributed by atoms with Crippen molar-refractivity contribution in [1.29, 1.82) is 5.26 Å². The third-order valence-corrected chi connectivity index (χ3v) is 5.90. The lowest BCUT2D eigenvalue weighted by atomic mass is 9.88. The molecule has 0 N–H and O–H groups in total. The Bertz CT molecular complexity index is 558.